The van der Waals surface area contributed by atoms with Crippen molar-refractivity contribution in [2.45, 2.75) is 26.7 Å². The zero-order valence-corrected chi connectivity index (χ0v) is 12.1. The fraction of sp³-hybridized carbons (Fsp3) is 0.643. The minimum atomic E-state index is 0.0882. The molecular weight excluding hydrogens is 256 g/mol. The number of imidazole rings is 1. The molecule has 0 atom stereocenters. The number of piperazine rings is 1. The maximum Gasteiger partial charge on any atom is 0.228 e. The SMILES string of the molecule is CC(C)CC(=O)N1CCN(C(=O)Cc2cnc[nH]2)CC1. The summed E-state index contributed by atoms with van der Waals surface area (Å²) in [7, 11) is 0. The van der Waals surface area contributed by atoms with Crippen LogP contribution in [-0.2, 0) is 16.0 Å². The van der Waals surface area contributed by atoms with E-state index in [1.165, 1.54) is 0 Å². The maximum atomic E-state index is 12.1. The van der Waals surface area contributed by atoms with E-state index in [-0.39, 0.29) is 11.8 Å². The minimum absolute atomic E-state index is 0.0882. The highest BCUT2D eigenvalue weighted by Gasteiger charge is 2.24. The van der Waals surface area contributed by atoms with Gasteiger partial charge >= 0.3 is 0 Å². The van der Waals surface area contributed by atoms with Gasteiger partial charge in [0.2, 0.25) is 11.8 Å². The predicted octanol–water partition coefficient (Wildman–Crippen LogP) is 0.669. The quantitative estimate of drug-likeness (QED) is 0.880. The fourth-order valence-corrected chi connectivity index (χ4v) is 2.34. The largest absolute Gasteiger partial charge is 0.348 e. The van der Waals surface area contributed by atoms with Crippen molar-refractivity contribution in [2.24, 2.45) is 5.92 Å². The molecular formula is C14H22N4O2. The second-order valence-corrected chi connectivity index (χ2v) is 5.61. The van der Waals surface area contributed by atoms with Crippen LogP contribution >= 0.6 is 0 Å². The summed E-state index contributed by atoms with van der Waals surface area (Å²) in [5.74, 6) is 0.661. The third-order valence-corrected chi connectivity index (χ3v) is 3.46. The molecule has 2 rings (SSSR count). The first-order chi connectivity index (χ1) is 9.56. The second kappa shape index (κ2) is 6.54. The summed E-state index contributed by atoms with van der Waals surface area (Å²) in [5, 5.41) is 0. The smallest absolute Gasteiger partial charge is 0.228 e. The van der Waals surface area contributed by atoms with Gasteiger partial charge in [0.15, 0.2) is 0 Å². The molecule has 6 nitrogen and oxygen atoms in total. The maximum absolute atomic E-state index is 12.1. The van der Waals surface area contributed by atoms with E-state index in [2.05, 4.69) is 9.97 Å². The molecule has 1 aromatic heterocycles. The van der Waals surface area contributed by atoms with Crippen molar-refractivity contribution in [3.05, 3.63) is 18.2 Å². The number of hydrogen-bond acceptors (Lipinski definition) is 3. The lowest BCUT2D eigenvalue weighted by molar-refractivity contribution is -0.139. The molecule has 0 unspecified atom stereocenters. The molecule has 20 heavy (non-hydrogen) atoms. The number of carbonyl (C=O) groups is 2. The van der Waals surface area contributed by atoms with Crippen LogP contribution in [0.4, 0.5) is 0 Å². The van der Waals surface area contributed by atoms with Crippen LogP contribution in [0, 0.1) is 5.92 Å². The van der Waals surface area contributed by atoms with E-state index in [1.807, 2.05) is 23.6 Å². The Balaban J connectivity index is 1.79. The topological polar surface area (TPSA) is 69.3 Å². The van der Waals surface area contributed by atoms with E-state index in [9.17, 15) is 9.59 Å². The highest BCUT2D eigenvalue weighted by atomic mass is 16.2. The first kappa shape index (κ1) is 14.6. The first-order valence-corrected chi connectivity index (χ1v) is 7.09. The first-order valence-electron chi connectivity index (χ1n) is 7.09. The van der Waals surface area contributed by atoms with Gasteiger partial charge in [-0.15, -0.1) is 0 Å². The summed E-state index contributed by atoms with van der Waals surface area (Å²) < 4.78 is 0. The van der Waals surface area contributed by atoms with Crippen LogP contribution in [0.1, 0.15) is 26.0 Å². The van der Waals surface area contributed by atoms with Crippen LogP contribution in [0.25, 0.3) is 0 Å². The molecule has 1 fully saturated rings. The van der Waals surface area contributed by atoms with Crippen LogP contribution in [-0.4, -0.2) is 57.8 Å². The highest BCUT2D eigenvalue weighted by Crippen LogP contribution is 2.09. The van der Waals surface area contributed by atoms with Crippen LogP contribution in [0.5, 0.6) is 0 Å². The number of amides is 2. The van der Waals surface area contributed by atoms with Crippen LogP contribution in [0.3, 0.4) is 0 Å². The number of carbonyl (C=O) groups excluding carboxylic acids is 2. The summed E-state index contributed by atoms with van der Waals surface area (Å²) in [4.78, 5) is 34.6. The van der Waals surface area contributed by atoms with E-state index in [4.69, 9.17) is 0 Å². The molecule has 0 bridgehead atoms. The Kier molecular flexibility index (Phi) is 4.76. The van der Waals surface area contributed by atoms with Gasteiger partial charge in [-0.1, -0.05) is 13.8 Å². The number of nitrogens with one attached hydrogen (secondary N) is 1. The van der Waals surface area contributed by atoms with Crippen molar-refractivity contribution < 1.29 is 9.59 Å². The van der Waals surface area contributed by atoms with E-state index in [0.717, 1.165) is 5.69 Å². The minimum Gasteiger partial charge on any atom is -0.348 e. The number of nitrogens with zero attached hydrogens (tertiary/aromatic N) is 3. The average molecular weight is 278 g/mol. The lowest BCUT2D eigenvalue weighted by Gasteiger charge is -2.35. The Labute approximate surface area is 119 Å². The van der Waals surface area contributed by atoms with E-state index in [1.54, 1.807) is 12.5 Å². The van der Waals surface area contributed by atoms with Gasteiger partial charge in [-0.05, 0) is 5.92 Å². The van der Waals surface area contributed by atoms with Crippen molar-refractivity contribution >= 4 is 11.8 Å². The molecule has 0 spiro atoms. The Bertz CT molecular complexity index is 448. The van der Waals surface area contributed by atoms with Gasteiger partial charge in [-0.3, -0.25) is 9.59 Å². The summed E-state index contributed by atoms with van der Waals surface area (Å²) in [6, 6.07) is 0. The summed E-state index contributed by atoms with van der Waals surface area (Å²) in [6.07, 6.45) is 4.17. The number of aromatic amines is 1. The zero-order valence-electron chi connectivity index (χ0n) is 12.1. The summed E-state index contributed by atoms with van der Waals surface area (Å²) in [6.45, 7) is 6.61. The lowest BCUT2D eigenvalue weighted by Crippen LogP contribution is -2.51. The Hall–Kier alpha value is -1.85. The Morgan fingerprint density at radius 2 is 1.80 bits per heavy atom. The molecule has 1 N–H and O–H groups in total. The molecule has 0 radical (unpaired) electrons. The Morgan fingerprint density at radius 3 is 2.30 bits per heavy atom. The van der Waals surface area contributed by atoms with Crippen molar-refractivity contribution in [1.82, 2.24) is 19.8 Å². The van der Waals surface area contributed by atoms with Crippen LogP contribution in [0.15, 0.2) is 12.5 Å². The third kappa shape index (κ3) is 3.82. The van der Waals surface area contributed by atoms with Crippen molar-refractivity contribution in [1.29, 1.82) is 0 Å². The van der Waals surface area contributed by atoms with Gasteiger partial charge in [0.25, 0.3) is 0 Å². The monoisotopic (exact) mass is 278 g/mol. The molecule has 0 aliphatic carbocycles. The van der Waals surface area contributed by atoms with Gasteiger partial charge in [0.05, 0.1) is 12.7 Å². The standard InChI is InChI=1S/C14H22N4O2/c1-11(2)7-13(19)17-3-5-18(6-4-17)14(20)8-12-9-15-10-16-12/h9-11H,3-8H2,1-2H3,(H,15,16). The lowest BCUT2D eigenvalue weighted by atomic mass is 10.1. The molecule has 1 aliphatic rings. The van der Waals surface area contributed by atoms with Gasteiger partial charge in [0, 0.05) is 44.5 Å². The van der Waals surface area contributed by atoms with E-state index < -0.39 is 0 Å². The molecule has 2 amide bonds. The summed E-state index contributed by atoms with van der Waals surface area (Å²) in [5.41, 5.74) is 0.827. The number of aromatic nitrogens is 2. The second-order valence-electron chi connectivity index (χ2n) is 5.61. The van der Waals surface area contributed by atoms with Crippen molar-refractivity contribution in [3.63, 3.8) is 0 Å². The Morgan fingerprint density at radius 1 is 1.20 bits per heavy atom. The molecule has 1 aromatic rings. The van der Waals surface area contributed by atoms with Gasteiger partial charge < -0.3 is 14.8 Å². The van der Waals surface area contributed by atoms with E-state index in [0.29, 0.717) is 44.9 Å². The third-order valence-electron chi connectivity index (χ3n) is 3.46. The van der Waals surface area contributed by atoms with Crippen molar-refractivity contribution in [3.8, 4) is 0 Å². The average Bonchev–Trinajstić information content (AvgIpc) is 2.91. The highest BCUT2D eigenvalue weighted by molar-refractivity contribution is 5.79. The summed E-state index contributed by atoms with van der Waals surface area (Å²) >= 11 is 0. The number of hydrogen-bond donors (Lipinski definition) is 1. The molecule has 6 heteroatoms. The zero-order chi connectivity index (χ0) is 14.5. The van der Waals surface area contributed by atoms with Crippen LogP contribution < -0.4 is 0 Å². The fourth-order valence-electron chi connectivity index (χ4n) is 2.34. The van der Waals surface area contributed by atoms with Gasteiger partial charge in [-0.25, -0.2) is 4.98 Å². The number of H-pyrrole nitrogens is 1. The molecule has 0 saturated carbocycles. The molecule has 1 saturated heterocycles. The van der Waals surface area contributed by atoms with E-state index >= 15 is 0 Å². The molecule has 0 aromatic carbocycles. The van der Waals surface area contributed by atoms with Gasteiger partial charge in [-0.2, -0.15) is 0 Å². The van der Waals surface area contributed by atoms with Crippen molar-refractivity contribution in [2.75, 3.05) is 26.2 Å². The van der Waals surface area contributed by atoms with Crippen LogP contribution in [0.2, 0.25) is 0 Å². The molecule has 1 aliphatic heterocycles. The molecule has 110 valence electrons. The normalized spacial score (nSPS) is 15.8. The molecule has 2 heterocycles. The number of rotatable bonds is 4. The van der Waals surface area contributed by atoms with Gasteiger partial charge in [0.1, 0.15) is 0 Å². The predicted molar refractivity (Wildman–Crippen MR) is 74.9 cm³/mol.